The van der Waals surface area contributed by atoms with Crippen molar-refractivity contribution in [1.82, 2.24) is 4.90 Å². The summed E-state index contributed by atoms with van der Waals surface area (Å²) in [5, 5.41) is 8.84. The lowest BCUT2D eigenvalue weighted by molar-refractivity contribution is -0.145. The van der Waals surface area contributed by atoms with Gasteiger partial charge in [0.2, 0.25) is 5.91 Å². The van der Waals surface area contributed by atoms with E-state index in [0.717, 1.165) is 0 Å². The van der Waals surface area contributed by atoms with Crippen LogP contribution < -0.4 is 5.73 Å². The fourth-order valence-electron chi connectivity index (χ4n) is 1.13. The molecule has 0 aliphatic rings. The van der Waals surface area contributed by atoms with E-state index in [-0.39, 0.29) is 13.2 Å². The molecule has 1 amide bonds. The molecule has 0 saturated heterocycles. The fourth-order valence-corrected chi connectivity index (χ4v) is 1.13. The van der Waals surface area contributed by atoms with E-state index >= 15 is 0 Å². The Bertz CT molecular complexity index is 208. The molecular formula is C8H16N2O4. The van der Waals surface area contributed by atoms with Crippen LogP contribution in [0.5, 0.6) is 0 Å². The van der Waals surface area contributed by atoms with Gasteiger partial charge in [0.1, 0.15) is 6.04 Å². The van der Waals surface area contributed by atoms with Gasteiger partial charge in [-0.05, 0) is 6.54 Å². The second-order valence-electron chi connectivity index (χ2n) is 2.84. The van der Waals surface area contributed by atoms with Crippen molar-refractivity contribution < 1.29 is 19.4 Å². The predicted octanol–water partition coefficient (Wildman–Crippen LogP) is -1.11. The smallest absolute Gasteiger partial charge is 0.323 e. The van der Waals surface area contributed by atoms with Gasteiger partial charge in [-0.3, -0.25) is 14.5 Å². The first-order chi connectivity index (χ1) is 6.52. The number of aliphatic carboxylic acids is 1. The third-order valence-corrected chi connectivity index (χ3v) is 1.82. The standard InChI is InChI=1S/C8H16N2O4/c1-3-10(4-7(9)11)6(5-14-2)8(12)13/h6H,3-5H2,1-2H3,(H2,9,11)(H,12,13). The molecular weight excluding hydrogens is 188 g/mol. The Kier molecular flexibility index (Phi) is 5.82. The van der Waals surface area contributed by atoms with E-state index < -0.39 is 17.9 Å². The first-order valence-corrected chi connectivity index (χ1v) is 4.27. The number of nitrogens with two attached hydrogens (primary N) is 1. The van der Waals surface area contributed by atoms with E-state index in [0.29, 0.717) is 6.54 Å². The van der Waals surface area contributed by atoms with E-state index in [1.165, 1.54) is 12.0 Å². The monoisotopic (exact) mass is 204 g/mol. The van der Waals surface area contributed by atoms with Gasteiger partial charge in [-0.25, -0.2) is 0 Å². The molecule has 0 spiro atoms. The Morgan fingerprint density at radius 2 is 2.14 bits per heavy atom. The molecule has 0 radical (unpaired) electrons. The molecule has 0 aliphatic heterocycles. The number of carbonyl (C=O) groups excluding carboxylic acids is 1. The minimum Gasteiger partial charge on any atom is -0.480 e. The first kappa shape index (κ1) is 12.9. The van der Waals surface area contributed by atoms with E-state index in [1.54, 1.807) is 6.92 Å². The summed E-state index contributed by atoms with van der Waals surface area (Å²) < 4.78 is 4.76. The summed E-state index contributed by atoms with van der Waals surface area (Å²) >= 11 is 0. The summed E-state index contributed by atoms with van der Waals surface area (Å²) in [4.78, 5) is 22.9. The number of amides is 1. The zero-order valence-electron chi connectivity index (χ0n) is 8.40. The molecule has 82 valence electrons. The van der Waals surface area contributed by atoms with Gasteiger partial charge < -0.3 is 15.6 Å². The van der Waals surface area contributed by atoms with Crippen molar-refractivity contribution in [3.63, 3.8) is 0 Å². The summed E-state index contributed by atoms with van der Waals surface area (Å²) in [5.74, 6) is -1.57. The van der Waals surface area contributed by atoms with Crippen molar-refractivity contribution in [2.75, 3.05) is 26.8 Å². The van der Waals surface area contributed by atoms with Crippen molar-refractivity contribution in [3.05, 3.63) is 0 Å². The number of methoxy groups -OCH3 is 1. The van der Waals surface area contributed by atoms with Crippen LogP contribution in [0.1, 0.15) is 6.92 Å². The molecule has 6 nitrogen and oxygen atoms in total. The summed E-state index contributed by atoms with van der Waals surface area (Å²) in [7, 11) is 1.41. The lowest BCUT2D eigenvalue weighted by atomic mass is 10.2. The van der Waals surface area contributed by atoms with Gasteiger partial charge in [-0.2, -0.15) is 0 Å². The number of ether oxygens (including phenoxy) is 1. The van der Waals surface area contributed by atoms with Gasteiger partial charge in [-0.1, -0.05) is 6.92 Å². The van der Waals surface area contributed by atoms with Gasteiger partial charge in [-0.15, -0.1) is 0 Å². The van der Waals surface area contributed by atoms with Crippen molar-refractivity contribution in [1.29, 1.82) is 0 Å². The molecule has 14 heavy (non-hydrogen) atoms. The second-order valence-corrected chi connectivity index (χ2v) is 2.84. The third-order valence-electron chi connectivity index (χ3n) is 1.82. The van der Waals surface area contributed by atoms with Crippen molar-refractivity contribution in [2.24, 2.45) is 5.73 Å². The number of primary amides is 1. The minimum atomic E-state index is -1.02. The van der Waals surface area contributed by atoms with Gasteiger partial charge in [0.05, 0.1) is 13.2 Å². The maximum atomic E-state index is 10.8. The van der Waals surface area contributed by atoms with Crippen LogP contribution in [0.25, 0.3) is 0 Å². The largest absolute Gasteiger partial charge is 0.480 e. The van der Waals surface area contributed by atoms with Crippen LogP contribution in [-0.2, 0) is 14.3 Å². The quantitative estimate of drug-likeness (QED) is 0.548. The highest BCUT2D eigenvalue weighted by molar-refractivity contribution is 5.78. The maximum absolute atomic E-state index is 10.8. The van der Waals surface area contributed by atoms with Crippen LogP contribution in [0, 0.1) is 0 Å². The molecule has 0 aromatic heterocycles. The Hall–Kier alpha value is -1.14. The first-order valence-electron chi connectivity index (χ1n) is 4.27. The number of nitrogens with zero attached hydrogens (tertiary/aromatic N) is 1. The highest BCUT2D eigenvalue weighted by Gasteiger charge is 2.25. The van der Waals surface area contributed by atoms with Crippen molar-refractivity contribution in [3.8, 4) is 0 Å². The number of hydrogen-bond donors (Lipinski definition) is 2. The van der Waals surface area contributed by atoms with Crippen LogP contribution in [-0.4, -0.2) is 54.7 Å². The number of carboxylic acids is 1. The molecule has 0 bridgehead atoms. The Labute approximate surface area is 82.6 Å². The SMILES string of the molecule is CCN(CC(N)=O)C(COC)C(=O)O. The zero-order chi connectivity index (χ0) is 11.1. The molecule has 1 unspecified atom stereocenters. The third kappa shape index (κ3) is 4.20. The van der Waals surface area contributed by atoms with E-state index in [2.05, 4.69) is 0 Å². The molecule has 3 N–H and O–H groups in total. The lowest BCUT2D eigenvalue weighted by Gasteiger charge is -2.25. The molecule has 0 aromatic carbocycles. The summed E-state index contributed by atoms with van der Waals surface area (Å²) in [6.45, 7) is 2.16. The van der Waals surface area contributed by atoms with Gasteiger partial charge in [0.25, 0.3) is 0 Å². The molecule has 1 atom stereocenters. The molecule has 0 heterocycles. The molecule has 0 saturated carbocycles. The predicted molar refractivity (Wildman–Crippen MR) is 49.7 cm³/mol. The normalized spacial score (nSPS) is 12.8. The molecule has 6 heteroatoms. The minimum absolute atomic E-state index is 0.0381. The van der Waals surface area contributed by atoms with E-state index in [4.69, 9.17) is 15.6 Å². The van der Waals surface area contributed by atoms with Crippen LogP contribution >= 0.6 is 0 Å². The number of hydrogen-bond acceptors (Lipinski definition) is 4. The van der Waals surface area contributed by atoms with Gasteiger partial charge >= 0.3 is 5.97 Å². The topological polar surface area (TPSA) is 92.9 Å². The average molecular weight is 204 g/mol. The van der Waals surface area contributed by atoms with Gasteiger partial charge in [0, 0.05) is 7.11 Å². The zero-order valence-corrected chi connectivity index (χ0v) is 8.40. The van der Waals surface area contributed by atoms with Crippen LogP contribution in [0.15, 0.2) is 0 Å². The van der Waals surface area contributed by atoms with Gasteiger partial charge in [0.15, 0.2) is 0 Å². The summed E-state index contributed by atoms with van der Waals surface area (Å²) in [6.07, 6.45) is 0. The second kappa shape index (κ2) is 6.33. The number of carboxylic acid groups (broad SMARTS) is 1. The Balaban J connectivity index is 4.40. The molecule has 0 fully saturated rings. The number of likely N-dealkylation sites (N-methyl/N-ethyl adjacent to an activating group) is 1. The number of carbonyl (C=O) groups is 2. The molecule has 0 aliphatic carbocycles. The van der Waals surface area contributed by atoms with Crippen molar-refractivity contribution >= 4 is 11.9 Å². The van der Waals surface area contributed by atoms with Crippen LogP contribution in [0.4, 0.5) is 0 Å². The van der Waals surface area contributed by atoms with Crippen LogP contribution in [0.2, 0.25) is 0 Å². The summed E-state index contributed by atoms with van der Waals surface area (Å²) in [5.41, 5.74) is 4.99. The average Bonchev–Trinajstić information content (AvgIpc) is 2.10. The van der Waals surface area contributed by atoms with E-state index in [1.807, 2.05) is 0 Å². The Morgan fingerprint density at radius 1 is 1.57 bits per heavy atom. The molecule has 0 rings (SSSR count). The fraction of sp³-hybridized carbons (Fsp3) is 0.750. The summed E-state index contributed by atoms with van der Waals surface area (Å²) in [6, 6.07) is -0.822. The highest BCUT2D eigenvalue weighted by Crippen LogP contribution is 2.00. The lowest BCUT2D eigenvalue weighted by Crippen LogP contribution is -2.47. The van der Waals surface area contributed by atoms with Crippen molar-refractivity contribution in [2.45, 2.75) is 13.0 Å². The highest BCUT2D eigenvalue weighted by atomic mass is 16.5. The molecule has 0 aromatic rings. The van der Waals surface area contributed by atoms with Crippen LogP contribution in [0.3, 0.4) is 0 Å². The maximum Gasteiger partial charge on any atom is 0.323 e. The number of rotatable bonds is 7. The van der Waals surface area contributed by atoms with E-state index in [9.17, 15) is 9.59 Å². The Morgan fingerprint density at radius 3 is 2.43 bits per heavy atom.